The average molecular weight is 379 g/mol. The smallest absolute Gasteiger partial charge is 0.272 e. The van der Waals surface area contributed by atoms with E-state index in [2.05, 4.69) is 0 Å². The Morgan fingerprint density at radius 3 is 2.30 bits per heavy atom. The summed E-state index contributed by atoms with van der Waals surface area (Å²) < 4.78 is 41.6. The number of amides is 1. The van der Waals surface area contributed by atoms with Crippen molar-refractivity contribution in [3.63, 3.8) is 0 Å². The fourth-order valence-electron chi connectivity index (χ4n) is 3.07. The molecular weight excluding hydrogens is 363 g/mol. The van der Waals surface area contributed by atoms with E-state index in [9.17, 15) is 28.1 Å². The lowest BCUT2D eigenvalue weighted by Gasteiger charge is -2.36. The van der Waals surface area contributed by atoms with Crippen molar-refractivity contribution in [2.75, 3.05) is 31.1 Å². The van der Waals surface area contributed by atoms with Crippen LogP contribution in [0.15, 0.2) is 30.3 Å². The van der Waals surface area contributed by atoms with Crippen LogP contribution < -0.4 is 4.90 Å². The number of nitro groups is 1. The summed E-state index contributed by atoms with van der Waals surface area (Å²) in [5, 5.41) is 10.7. The van der Waals surface area contributed by atoms with Gasteiger partial charge in [0.15, 0.2) is 17.5 Å². The van der Waals surface area contributed by atoms with Gasteiger partial charge in [0.1, 0.15) is 0 Å². The maximum Gasteiger partial charge on any atom is 0.272 e. The van der Waals surface area contributed by atoms with Crippen LogP contribution in [0.4, 0.5) is 24.5 Å². The molecule has 2 aromatic carbocycles. The van der Waals surface area contributed by atoms with Gasteiger partial charge in [-0.1, -0.05) is 0 Å². The fraction of sp³-hybridized carbons (Fsp3) is 0.278. The third-order valence-electron chi connectivity index (χ3n) is 4.45. The number of rotatable bonds is 3. The molecule has 0 spiro atoms. The van der Waals surface area contributed by atoms with E-state index in [1.807, 2.05) is 0 Å². The average Bonchev–Trinajstić information content (AvgIpc) is 2.64. The van der Waals surface area contributed by atoms with E-state index >= 15 is 0 Å². The van der Waals surface area contributed by atoms with Gasteiger partial charge in [-0.15, -0.1) is 0 Å². The Labute approximate surface area is 153 Å². The van der Waals surface area contributed by atoms with Crippen molar-refractivity contribution in [2.45, 2.75) is 6.92 Å². The van der Waals surface area contributed by atoms with Gasteiger partial charge in [-0.25, -0.2) is 13.2 Å². The van der Waals surface area contributed by atoms with Crippen LogP contribution >= 0.6 is 0 Å². The van der Waals surface area contributed by atoms with Crippen molar-refractivity contribution in [3.8, 4) is 0 Å². The molecule has 0 unspecified atom stereocenters. The molecule has 27 heavy (non-hydrogen) atoms. The highest BCUT2D eigenvalue weighted by Gasteiger charge is 2.27. The van der Waals surface area contributed by atoms with Gasteiger partial charge in [-0.3, -0.25) is 14.9 Å². The summed E-state index contributed by atoms with van der Waals surface area (Å²) in [5.74, 6) is -3.62. The molecule has 0 bridgehead atoms. The minimum absolute atomic E-state index is 0.185. The molecule has 1 saturated heterocycles. The number of nitro benzene ring substituents is 1. The van der Waals surface area contributed by atoms with Crippen molar-refractivity contribution in [1.82, 2.24) is 4.90 Å². The maximum atomic E-state index is 14.1. The molecule has 1 heterocycles. The molecule has 0 radical (unpaired) electrons. The van der Waals surface area contributed by atoms with E-state index < -0.39 is 28.3 Å². The minimum atomic E-state index is -1.19. The van der Waals surface area contributed by atoms with Crippen molar-refractivity contribution in [2.24, 2.45) is 0 Å². The second kappa shape index (κ2) is 7.26. The van der Waals surface area contributed by atoms with E-state index in [1.165, 1.54) is 23.1 Å². The van der Waals surface area contributed by atoms with Crippen molar-refractivity contribution in [3.05, 3.63) is 69.0 Å². The molecule has 0 aliphatic carbocycles. The van der Waals surface area contributed by atoms with Gasteiger partial charge in [0, 0.05) is 32.2 Å². The van der Waals surface area contributed by atoms with Gasteiger partial charge in [0.05, 0.1) is 22.2 Å². The van der Waals surface area contributed by atoms with Crippen LogP contribution in [0, 0.1) is 34.5 Å². The second-order valence-electron chi connectivity index (χ2n) is 6.28. The largest absolute Gasteiger partial charge is 0.366 e. The fourth-order valence-corrected chi connectivity index (χ4v) is 3.07. The number of carbonyl (C=O) groups is 1. The number of halogens is 3. The standard InChI is InChI=1S/C18H16F3N3O3/c1-11-8-13(17(21)15(20)9-11)18(25)23-6-4-22(5-7-23)16-3-2-12(24(26)27)10-14(16)19/h2-3,8-10H,4-7H2,1H3. The SMILES string of the molecule is Cc1cc(F)c(F)c(C(=O)N2CCN(c3ccc([N+](=O)[O-])cc3F)CC2)c1. The van der Waals surface area contributed by atoms with Gasteiger partial charge in [0.2, 0.25) is 0 Å². The molecule has 0 saturated carbocycles. The van der Waals surface area contributed by atoms with Crippen molar-refractivity contribution < 1.29 is 22.9 Å². The minimum Gasteiger partial charge on any atom is -0.366 e. The molecule has 9 heteroatoms. The lowest BCUT2D eigenvalue weighted by atomic mass is 10.1. The molecule has 3 rings (SSSR count). The Morgan fingerprint density at radius 1 is 1.04 bits per heavy atom. The zero-order valence-corrected chi connectivity index (χ0v) is 14.4. The van der Waals surface area contributed by atoms with Crippen LogP contribution in [0.5, 0.6) is 0 Å². The Morgan fingerprint density at radius 2 is 1.70 bits per heavy atom. The number of non-ortho nitro benzene ring substituents is 1. The summed E-state index contributed by atoms with van der Waals surface area (Å²) in [4.78, 5) is 25.5. The second-order valence-corrected chi connectivity index (χ2v) is 6.28. The molecule has 0 N–H and O–H groups in total. The number of benzene rings is 2. The van der Waals surface area contributed by atoms with E-state index in [-0.39, 0.29) is 43.1 Å². The topological polar surface area (TPSA) is 66.7 Å². The molecule has 1 fully saturated rings. The van der Waals surface area contributed by atoms with Gasteiger partial charge in [0.25, 0.3) is 11.6 Å². The van der Waals surface area contributed by atoms with Crippen LogP contribution in [-0.2, 0) is 0 Å². The highest BCUT2D eigenvalue weighted by atomic mass is 19.2. The predicted octanol–water partition coefficient (Wildman–Crippen LogP) is 3.28. The number of piperazine rings is 1. The lowest BCUT2D eigenvalue weighted by Crippen LogP contribution is -2.49. The summed E-state index contributed by atoms with van der Waals surface area (Å²) in [6, 6.07) is 5.68. The van der Waals surface area contributed by atoms with Crippen LogP contribution in [0.3, 0.4) is 0 Å². The maximum absolute atomic E-state index is 14.1. The van der Waals surface area contributed by atoms with Crippen molar-refractivity contribution >= 4 is 17.3 Å². The van der Waals surface area contributed by atoms with E-state index in [0.29, 0.717) is 5.56 Å². The van der Waals surface area contributed by atoms with E-state index in [4.69, 9.17) is 0 Å². The number of anilines is 1. The Hall–Kier alpha value is -3.10. The molecule has 2 aromatic rings. The molecule has 142 valence electrons. The van der Waals surface area contributed by atoms with E-state index in [1.54, 1.807) is 11.8 Å². The molecule has 0 atom stereocenters. The van der Waals surface area contributed by atoms with E-state index in [0.717, 1.165) is 12.1 Å². The number of hydrogen-bond donors (Lipinski definition) is 0. The highest BCUT2D eigenvalue weighted by Crippen LogP contribution is 2.25. The number of carbonyl (C=O) groups excluding carboxylic acids is 1. The van der Waals surface area contributed by atoms with Crippen LogP contribution in [0.1, 0.15) is 15.9 Å². The number of nitrogens with zero attached hydrogens (tertiary/aromatic N) is 3. The third kappa shape index (κ3) is 3.71. The Kier molecular flexibility index (Phi) is 5.02. The quantitative estimate of drug-likeness (QED) is 0.606. The lowest BCUT2D eigenvalue weighted by molar-refractivity contribution is -0.385. The molecule has 1 aliphatic heterocycles. The van der Waals surface area contributed by atoms with Gasteiger partial charge in [-0.05, 0) is 30.7 Å². The zero-order chi connectivity index (χ0) is 19.7. The molecule has 0 aromatic heterocycles. The number of hydrogen-bond acceptors (Lipinski definition) is 4. The third-order valence-corrected chi connectivity index (χ3v) is 4.45. The number of aryl methyl sites for hydroxylation is 1. The first-order valence-electron chi connectivity index (χ1n) is 8.21. The normalized spacial score (nSPS) is 14.4. The molecule has 6 nitrogen and oxygen atoms in total. The molecule has 1 aliphatic rings. The van der Waals surface area contributed by atoms with Crippen LogP contribution in [0.2, 0.25) is 0 Å². The first kappa shape index (κ1) is 18.7. The summed E-state index contributed by atoms with van der Waals surface area (Å²) in [7, 11) is 0. The summed E-state index contributed by atoms with van der Waals surface area (Å²) >= 11 is 0. The first-order chi connectivity index (χ1) is 12.8. The molecule has 1 amide bonds. The zero-order valence-electron chi connectivity index (χ0n) is 14.4. The molecular formula is C18H16F3N3O3. The van der Waals surface area contributed by atoms with Crippen molar-refractivity contribution in [1.29, 1.82) is 0 Å². The summed E-state index contributed by atoms with van der Waals surface area (Å²) in [6.45, 7) is 2.45. The first-order valence-corrected chi connectivity index (χ1v) is 8.21. The Balaban J connectivity index is 1.72. The summed E-state index contributed by atoms with van der Waals surface area (Å²) in [5.41, 5.74) is -0.0474. The van der Waals surface area contributed by atoms with Crippen LogP contribution in [-0.4, -0.2) is 41.9 Å². The highest BCUT2D eigenvalue weighted by molar-refractivity contribution is 5.95. The monoisotopic (exact) mass is 379 g/mol. The van der Waals surface area contributed by atoms with Crippen LogP contribution in [0.25, 0.3) is 0 Å². The van der Waals surface area contributed by atoms with Gasteiger partial charge < -0.3 is 9.80 Å². The summed E-state index contributed by atoms with van der Waals surface area (Å²) in [6.07, 6.45) is 0. The predicted molar refractivity (Wildman–Crippen MR) is 92.3 cm³/mol. The Bertz CT molecular complexity index is 912. The van der Waals surface area contributed by atoms with Gasteiger partial charge in [-0.2, -0.15) is 0 Å². The van der Waals surface area contributed by atoms with Gasteiger partial charge >= 0.3 is 0 Å².